The van der Waals surface area contributed by atoms with Gasteiger partial charge in [0.05, 0.1) is 11.8 Å². The molecule has 3 rings (SSSR count). The molecule has 1 unspecified atom stereocenters. The van der Waals surface area contributed by atoms with Crippen molar-refractivity contribution in [2.45, 2.75) is 32.4 Å². The molecule has 1 aromatic carbocycles. The molecule has 1 aliphatic rings. The summed E-state index contributed by atoms with van der Waals surface area (Å²) in [6, 6.07) is 10.5. The first kappa shape index (κ1) is 17.1. The smallest absolute Gasteiger partial charge is 0.0645 e. The van der Waals surface area contributed by atoms with Gasteiger partial charge in [0.2, 0.25) is 0 Å². The fourth-order valence-electron chi connectivity index (χ4n) is 3.36. The molecule has 2 N–H and O–H groups in total. The Hall–Kier alpha value is -1.69. The largest absolute Gasteiger partial charge is 0.392 e. The molecule has 5 heteroatoms. The molecule has 0 bridgehead atoms. The predicted octanol–water partition coefficient (Wildman–Crippen LogP) is 2.05. The number of aliphatic hydroxyl groups excluding tert-OH is 1. The lowest BCUT2D eigenvalue weighted by Gasteiger charge is -2.32. The van der Waals surface area contributed by atoms with Crippen LogP contribution in [0.15, 0.2) is 42.7 Å². The number of nitrogens with one attached hydrogen (secondary N) is 1. The Kier molecular flexibility index (Phi) is 6.01. The summed E-state index contributed by atoms with van der Waals surface area (Å²) < 4.78 is 1.87. The highest BCUT2D eigenvalue weighted by Gasteiger charge is 2.19. The fourth-order valence-corrected chi connectivity index (χ4v) is 3.36. The van der Waals surface area contributed by atoms with Crippen molar-refractivity contribution in [2.24, 2.45) is 5.92 Å². The number of hydrogen-bond donors (Lipinski definition) is 2. The number of rotatable bonds is 7. The van der Waals surface area contributed by atoms with Gasteiger partial charge in [0.1, 0.15) is 0 Å². The first-order chi connectivity index (χ1) is 11.7. The number of benzene rings is 1. The van der Waals surface area contributed by atoms with Gasteiger partial charge in [0.15, 0.2) is 0 Å². The number of nitrogens with zero attached hydrogens (tertiary/aromatic N) is 3. The summed E-state index contributed by atoms with van der Waals surface area (Å²) in [5, 5.41) is 17.3. The molecule has 1 aliphatic heterocycles. The van der Waals surface area contributed by atoms with E-state index in [9.17, 15) is 5.11 Å². The topological polar surface area (TPSA) is 53.3 Å². The Balaban J connectivity index is 1.38. The van der Waals surface area contributed by atoms with E-state index in [0.29, 0.717) is 0 Å². The van der Waals surface area contributed by atoms with Crippen molar-refractivity contribution in [1.29, 1.82) is 0 Å². The molecule has 0 radical (unpaired) electrons. The van der Waals surface area contributed by atoms with Crippen LogP contribution < -0.4 is 5.32 Å². The average molecular weight is 328 g/mol. The van der Waals surface area contributed by atoms with Crippen LogP contribution in [0.3, 0.4) is 0 Å². The van der Waals surface area contributed by atoms with Crippen molar-refractivity contribution in [3.8, 4) is 5.69 Å². The van der Waals surface area contributed by atoms with Gasteiger partial charge in [-0.2, -0.15) is 5.10 Å². The molecule has 130 valence electrons. The van der Waals surface area contributed by atoms with Crippen molar-refractivity contribution >= 4 is 0 Å². The number of β-amino-alcohol motifs (C(OH)–C–C–N with tert-alkyl or cyclic N) is 1. The van der Waals surface area contributed by atoms with Gasteiger partial charge in [0, 0.05) is 25.5 Å². The van der Waals surface area contributed by atoms with Crippen LogP contribution in [-0.4, -0.2) is 52.1 Å². The fraction of sp³-hybridized carbons (Fsp3) is 0.526. The minimum Gasteiger partial charge on any atom is -0.392 e. The lowest BCUT2D eigenvalue weighted by molar-refractivity contribution is 0.0998. The molecule has 0 amide bonds. The molecular formula is C19H28N4O. The van der Waals surface area contributed by atoms with Crippen LogP contribution in [0.5, 0.6) is 0 Å². The van der Waals surface area contributed by atoms with E-state index in [4.69, 9.17) is 0 Å². The number of piperidine rings is 1. The number of hydrogen-bond acceptors (Lipinski definition) is 4. The van der Waals surface area contributed by atoms with E-state index < -0.39 is 0 Å². The zero-order chi connectivity index (χ0) is 16.8. The van der Waals surface area contributed by atoms with Gasteiger partial charge in [0.25, 0.3) is 0 Å². The van der Waals surface area contributed by atoms with E-state index in [2.05, 4.69) is 39.6 Å². The average Bonchev–Trinajstić information content (AvgIpc) is 3.11. The molecule has 5 nitrogen and oxygen atoms in total. The van der Waals surface area contributed by atoms with Crippen LogP contribution in [0.4, 0.5) is 0 Å². The Labute approximate surface area is 144 Å². The summed E-state index contributed by atoms with van der Waals surface area (Å²) in [7, 11) is 0. The third kappa shape index (κ3) is 4.90. The second-order valence-electron chi connectivity index (χ2n) is 6.84. The molecule has 1 aromatic heterocycles. The van der Waals surface area contributed by atoms with Crippen LogP contribution in [0.25, 0.3) is 5.69 Å². The summed E-state index contributed by atoms with van der Waals surface area (Å²) >= 11 is 0. The van der Waals surface area contributed by atoms with Gasteiger partial charge in [-0.05, 0) is 69.1 Å². The van der Waals surface area contributed by atoms with E-state index in [1.165, 1.54) is 18.4 Å². The molecule has 24 heavy (non-hydrogen) atoms. The van der Waals surface area contributed by atoms with Crippen molar-refractivity contribution in [1.82, 2.24) is 20.0 Å². The van der Waals surface area contributed by atoms with Crippen LogP contribution in [0.1, 0.15) is 25.3 Å². The molecule has 1 fully saturated rings. The summed E-state index contributed by atoms with van der Waals surface area (Å²) in [5.74, 6) is 0.749. The summed E-state index contributed by atoms with van der Waals surface area (Å²) in [4.78, 5) is 2.37. The molecule has 2 heterocycles. The van der Waals surface area contributed by atoms with E-state index >= 15 is 0 Å². The Bertz CT molecular complexity index is 586. The number of aliphatic hydroxyl groups is 1. The molecule has 0 aliphatic carbocycles. The Morgan fingerprint density at radius 3 is 2.62 bits per heavy atom. The maximum Gasteiger partial charge on any atom is 0.0645 e. The van der Waals surface area contributed by atoms with Crippen molar-refractivity contribution in [3.05, 3.63) is 48.3 Å². The normalized spacial score (nSPS) is 17.9. The Morgan fingerprint density at radius 1 is 1.25 bits per heavy atom. The molecule has 1 atom stereocenters. The van der Waals surface area contributed by atoms with Crippen LogP contribution >= 0.6 is 0 Å². The second-order valence-corrected chi connectivity index (χ2v) is 6.84. The van der Waals surface area contributed by atoms with E-state index in [0.717, 1.165) is 44.3 Å². The third-order valence-corrected chi connectivity index (χ3v) is 4.70. The van der Waals surface area contributed by atoms with Gasteiger partial charge >= 0.3 is 0 Å². The van der Waals surface area contributed by atoms with E-state index in [-0.39, 0.29) is 6.10 Å². The zero-order valence-corrected chi connectivity index (χ0v) is 14.4. The van der Waals surface area contributed by atoms with Gasteiger partial charge in [-0.15, -0.1) is 0 Å². The Morgan fingerprint density at radius 2 is 2.00 bits per heavy atom. The molecule has 0 saturated carbocycles. The van der Waals surface area contributed by atoms with Crippen LogP contribution in [-0.2, 0) is 6.54 Å². The highest BCUT2D eigenvalue weighted by Crippen LogP contribution is 2.17. The van der Waals surface area contributed by atoms with Crippen molar-refractivity contribution in [3.63, 3.8) is 0 Å². The number of aromatic nitrogens is 2. The van der Waals surface area contributed by atoms with E-state index in [1.54, 1.807) is 6.20 Å². The van der Waals surface area contributed by atoms with Gasteiger partial charge in [-0.1, -0.05) is 12.1 Å². The minimum absolute atomic E-state index is 0.218. The van der Waals surface area contributed by atoms with Crippen LogP contribution in [0, 0.1) is 5.92 Å². The maximum absolute atomic E-state index is 9.46. The molecule has 2 aromatic rings. The number of likely N-dealkylation sites (tertiary alicyclic amines) is 1. The highest BCUT2D eigenvalue weighted by atomic mass is 16.3. The zero-order valence-electron chi connectivity index (χ0n) is 14.4. The molecule has 1 saturated heterocycles. The maximum atomic E-state index is 9.46. The summed E-state index contributed by atoms with van der Waals surface area (Å²) in [6.45, 7) is 6.87. The minimum atomic E-state index is -0.218. The van der Waals surface area contributed by atoms with E-state index in [1.807, 2.05) is 23.9 Å². The SMILES string of the molecule is CC(O)CN1CCC(CNCc2ccc(-n3cccn3)cc2)CC1. The highest BCUT2D eigenvalue weighted by molar-refractivity contribution is 5.33. The third-order valence-electron chi connectivity index (χ3n) is 4.70. The lowest BCUT2D eigenvalue weighted by Crippen LogP contribution is -2.40. The lowest BCUT2D eigenvalue weighted by atomic mass is 9.96. The summed E-state index contributed by atoms with van der Waals surface area (Å²) in [6.07, 6.45) is 5.97. The molecular weight excluding hydrogens is 300 g/mol. The second kappa shape index (κ2) is 8.42. The monoisotopic (exact) mass is 328 g/mol. The standard InChI is InChI=1S/C19H28N4O/c1-16(24)15-22-11-7-18(8-12-22)14-20-13-17-3-5-19(6-4-17)23-10-2-9-21-23/h2-6,9-10,16,18,20,24H,7-8,11-15H2,1H3. The predicted molar refractivity (Wildman–Crippen MR) is 96.1 cm³/mol. The molecule has 0 spiro atoms. The summed E-state index contributed by atoms with van der Waals surface area (Å²) in [5.41, 5.74) is 2.40. The first-order valence-electron chi connectivity index (χ1n) is 8.91. The van der Waals surface area contributed by atoms with Crippen molar-refractivity contribution < 1.29 is 5.11 Å². The first-order valence-corrected chi connectivity index (χ1v) is 8.91. The van der Waals surface area contributed by atoms with Gasteiger partial charge in [-0.25, -0.2) is 4.68 Å². The van der Waals surface area contributed by atoms with Crippen LogP contribution in [0.2, 0.25) is 0 Å². The van der Waals surface area contributed by atoms with Crippen molar-refractivity contribution in [2.75, 3.05) is 26.2 Å². The van der Waals surface area contributed by atoms with Gasteiger partial charge in [-0.3, -0.25) is 0 Å². The van der Waals surface area contributed by atoms with Gasteiger partial charge < -0.3 is 15.3 Å². The quantitative estimate of drug-likeness (QED) is 0.817.